The van der Waals surface area contributed by atoms with E-state index < -0.39 is 13.0 Å². The van der Waals surface area contributed by atoms with Crippen molar-refractivity contribution in [1.82, 2.24) is 0 Å². The van der Waals surface area contributed by atoms with Crippen molar-refractivity contribution < 1.29 is 8.85 Å². The molecule has 1 aromatic rings. The fourth-order valence-electron chi connectivity index (χ4n) is 0.703. The zero-order valence-corrected chi connectivity index (χ0v) is 5.87. The third-order valence-electron chi connectivity index (χ3n) is 1.06. The van der Waals surface area contributed by atoms with Crippen LogP contribution in [0.25, 0.3) is 0 Å². The highest BCUT2D eigenvalue weighted by atomic mass is 16.5. The van der Waals surface area contributed by atoms with Gasteiger partial charge in [0.25, 0.3) is 0 Å². The van der Waals surface area contributed by atoms with Gasteiger partial charge in [-0.15, -0.1) is 0 Å². The van der Waals surface area contributed by atoms with E-state index in [1.165, 1.54) is 0 Å². The Morgan fingerprint density at radius 3 is 2.70 bits per heavy atom. The Bertz CT molecular complexity index is 255. The molecule has 0 aliphatic rings. The molecule has 1 rings (SSSR count). The van der Waals surface area contributed by atoms with E-state index in [0.29, 0.717) is 5.75 Å². The zero-order valence-electron chi connectivity index (χ0n) is 8.87. The van der Waals surface area contributed by atoms with Gasteiger partial charge in [-0.05, 0) is 25.9 Å². The molecule has 0 aliphatic heterocycles. The van der Waals surface area contributed by atoms with Gasteiger partial charge in [-0.1, -0.05) is 18.2 Å². The molecule has 1 nitrogen and oxygen atoms in total. The molecule has 0 bridgehead atoms. The molecule has 0 heterocycles. The molecule has 1 heteroatoms. The van der Waals surface area contributed by atoms with Crippen LogP contribution < -0.4 is 4.74 Å². The number of hydrogen-bond acceptors (Lipinski definition) is 1. The summed E-state index contributed by atoms with van der Waals surface area (Å²) in [4.78, 5) is 0. The van der Waals surface area contributed by atoms with Crippen molar-refractivity contribution in [1.29, 1.82) is 0 Å². The summed E-state index contributed by atoms with van der Waals surface area (Å²) in [6.45, 7) is -0.518. The lowest BCUT2D eigenvalue weighted by Gasteiger charge is -2.07. The first-order valence-electron chi connectivity index (χ1n) is 4.72. The molecule has 54 valence electrons. The van der Waals surface area contributed by atoms with Crippen molar-refractivity contribution in [2.75, 3.05) is 0 Å². The number of hydrogen-bond donors (Lipinski definition) is 0. The molecule has 0 saturated carbocycles. The maximum Gasteiger partial charge on any atom is 0.119 e. The van der Waals surface area contributed by atoms with Crippen LogP contribution in [0, 0.1) is 0 Å². The van der Waals surface area contributed by atoms with E-state index in [1.54, 1.807) is 19.1 Å². The van der Waals surface area contributed by atoms with Crippen molar-refractivity contribution in [3.05, 3.63) is 30.3 Å². The average molecular weight is 139 g/mol. The van der Waals surface area contributed by atoms with Crippen LogP contribution in [-0.2, 0) is 0 Å². The smallest absolute Gasteiger partial charge is 0.119 e. The van der Waals surface area contributed by atoms with Gasteiger partial charge in [0.15, 0.2) is 0 Å². The van der Waals surface area contributed by atoms with E-state index >= 15 is 0 Å². The van der Waals surface area contributed by atoms with Crippen LogP contribution in [-0.4, -0.2) is 6.10 Å². The van der Waals surface area contributed by atoms with Crippen molar-refractivity contribution in [3.63, 3.8) is 0 Å². The van der Waals surface area contributed by atoms with Crippen LogP contribution in [0.1, 0.15) is 17.9 Å². The van der Waals surface area contributed by atoms with Gasteiger partial charge in [0.1, 0.15) is 5.75 Å². The number of rotatable bonds is 2. The van der Waals surface area contributed by atoms with Crippen LogP contribution in [0.5, 0.6) is 5.75 Å². The van der Waals surface area contributed by atoms with E-state index in [9.17, 15) is 0 Å². The molecule has 0 N–H and O–H groups in total. The van der Waals surface area contributed by atoms with E-state index in [4.69, 9.17) is 8.85 Å². The normalized spacial score (nSPS) is 18.3. The molecule has 1 aromatic carbocycles. The predicted molar refractivity (Wildman–Crippen MR) is 42.2 cm³/mol. The van der Waals surface area contributed by atoms with Crippen LogP contribution >= 0.6 is 0 Å². The van der Waals surface area contributed by atoms with Crippen LogP contribution in [0.15, 0.2) is 30.3 Å². The summed E-state index contributed by atoms with van der Waals surface area (Å²) in [5.41, 5.74) is 0. The molecule has 0 aromatic heterocycles. The monoisotopic (exact) mass is 139 g/mol. The molecule has 0 radical (unpaired) electrons. The third-order valence-corrected chi connectivity index (χ3v) is 1.06. The quantitative estimate of drug-likeness (QED) is 0.611. The highest BCUT2D eigenvalue weighted by molar-refractivity contribution is 5.20. The van der Waals surface area contributed by atoms with Crippen molar-refractivity contribution >= 4 is 0 Å². The largest absolute Gasteiger partial charge is 0.491 e. The molecule has 1 unspecified atom stereocenters. The predicted octanol–water partition coefficient (Wildman–Crippen LogP) is 2.47. The maximum atomic E-state index is 7.10. The van der Waals surface area contributed by atoms with Gasteiger partial charge in [-0.25, -0.2) is 0 Å². The SMILES string of the molecule is [2H]C([2H])([2H])C(C)Oc1ccccc1. The summed E-state index contributed by atoms with van der Waals surface area (Å²) in [5.74, 6) is 0.589. The first-order chi connectivity index (χ1) is 6.00. The fourth-order valence-corrected chi connectivity index (χ4v) is 0.703. The Balaban J connectivity index is 2.61. The molecule has 10 heavy (non-hydrogen) atoms. The Labute approximate surface area is 65.9 Å². The first kappa shape index (κ1) is 4.02. The second-order valence-electron chi connectivity index (χ2n) is 2.07. The van der Waals surface area contributed by atoms with Gasteiger partial charge in [0, 0.05) is 4.11 Å². The van der Waals surface area contributed by atoms with Gasteiger partial charge in [-0.3, -0.25) is 0 Å². The first-order valence-corrected chi connectivity index (χ1v) is 3.22. The van der Waals surface area contributed by atoms with E-state index in [-0.39, 0.29) is 0 Å². The Kier molecular flexibility index (Phi) is 1.31. The van der Waals surface area contributed by atoms with Crippen LogP contribution in [0.3, 0.4) is 0 Å². The minimum absolute atomic E-state index is 0.589. The second kappa shape index (κ2) is 3.25. The number of para-hydroxylation sites is 1. The summed E-state index contributed by atoms with van der Waals surface area (Å²) in [6.07, 6.45) is -0.769. The third kappa shape index (κ3) is 2.09. The van der Waals surface area contributed by atoms with Gasteiger partial charge in [-0.2, -0.15) is 0 Å². The lowest BCUT2D eigenvalue weighted by atomic mass is 10.3. The molecule has 0 fully saturated rings. The van der Waals surface area contributed by atoms with Crippen LogP contribution in [0.4, 0.5) is 0 Å². The van der Waals surface area contributed by atoms with Crippen molar-refractivity contribution in [2.24, 2.45) is 0 Å². The maximum absolute atomic E-state index is 7.10. The molecular formula is C9H12O. The summed E-state index contributed by atoms with van der Waals surface area (Å²) < 4.78 is 26.5. The second-order valence-corrected chi connectivity index (χ2v) is 2.07. The summed E-state index contributed by atoms with van der Waals surface area (Å²) in [6, 6.07) is 8.94. The summed E-state index contributed by atoms with van der Waals surface area (Å²) in [5, 5.41) is 0. The Hall–Kier alpha value is -0.980. The minimum Gasteiger partial charge on any atom is -0.491 e. The standard InChI is InChI=1S/C9H12O/c1-8(2)10-9-6-4-3-5-7-9/h3-8H,1-2H3/i1D3. The minimum atomic E-state index is -2.06. The molecule has 0 aliphatic carbocycles. The van der Waals surface area contributed by atoms with E-state index in [1.807, 2.05) is 18.2 Å². The van der Waals surface area contributed by atoms with E-state index in [2.05, 4.69) is 0 Å². The summed E-state index contributed by atoms with van der Waals surface area (Å²) in [7, 11) is 0. The fraction of sp³-hybridized carbons (Fsp3) is 0.333. The molecular weight excluding hydrogens is 124 g/mol. The number of benzene rings is 1. The molecule has 0 spiro atoms. The Morgan fingerprint density at radius 1 is 1.40 bits per heavy atom. The van der Waals surface area contributed by atoms with Gasteiger partial charge < -0.3 is 4.74 Å². The van der Waals surface area contributed by atoms with Gasteiger partial charge in [0.05, 0.1) is 6.10 Å². The summed E-state index contributed by atoms with van der Waals surface area (Å²) >= 11 is 0. The molecule has 1 atom stereocenters. The highest BCUT2D eigenvalue weighted by Crippen LogP contribution is 2.09. The van der Waals surface area contributed by atoms with Gasteiger partial charge in [0.2, 0.25) is 0 Å². The zero-order chi connectivity index (χ0) is 9.90. The lowest BCUT2D eigenvalue weighted by molar-refractivity contribution is 0.242. The molecule has 0 amide bonds. The van der Waals surface area contributed by atoms with E-state index in [0.717, 1.165) is 0 Å². The van der Waals surface area contributed by atoms with Crippen molar-refractivity contribution in [2.45, 2.75) is 19.9 Å². The highest BCUT2D eigenvalue weighted by Gasteiger charge is 1.92. The topological polar surface area (TPSA) is 9.23 Å². The molecule has 0 saturated heterocycles. The number of ether oxygens (including phenoxy) is 1. The average Bonchev–Trinajstić information content (AvgIpc) is 2.04. The Morgan fingerprint density at radius 2 is 2.10 bits per heavy atom. The lowest BCUT2D eigenvalue weighted by Crippen LogP contribution is -2.04. The van der Waals surface area contributed by atoms with Crippen molar-refractivity contribution in [3.8, 4) is 5.75 Å². The van der Waals surface area contributed by atoms with Gasteiger partial charge >= 0.3 is 0 Å². The van der Waals surface area contributed by atoms with Crippen LogP contribution in [0.2, 0.25) is 0 Å².